The minimum Gasteiger partial charge on any atom is -0.374 e. The van der Waals surface area contributed by atoms with Crippen LogP contribution < -0.4 is 4.90 Å². The summed E-state index contributed by atoms with van der Waals surface area (Å²) in [6.07, 6.45) is 4.16. The highest BCUT2D eigenvalue weighted by Crippen LogP contribution is 2.34. The number of benzene rings is 3. The van der Waals surface area contributed by atoms with E-state index in [2.05, 4.69) is 34.3 Å². The molecule has 0 bridgehead atoms. The molecule has 1 fully saturated rings. The SMILES string of the molecule is N#CC(c1nc2ccccc2nc1N1CCN(C=Cc2ccccc2)CC1)S(=O)(=O)c1ccccc1. The van der Waals surface area contributed by atoms with Crippen LogP contribution in [-0.4, -0.2) is 49.5 Å². The molecule has 5 rings (SSSR count). The Bertz CT molecular complexity index is 1530. The molecular weight excluding hydrogens is 470 g/mol. The van der Waals surface area contributed by atoms with Crippen LogP contribution in [0.5, 0.6) is 0 Å². The van der Waals surface area contributed by atoms with Gasteiger partial charge in [0.25, 0.3) is 0 Å². The molecule has 8 heteroatoms. The highest BCUT2D eigenvalue weighted by molar-refractivity contribution is 7.92. The van der Waals surface area contributed by atoms with Crippen LogP contribution in [0.25, 0.3) is 17.1 Å². The zero-order valence-electron chi connectivity index (χ0n) is 19.6. The zero-order chi connectivity index (χ0) is 25.0. The van der Waals surface area contributed by atoms with Gasteiger partial charge in [0, 0.05) is 26.2 Å². The van der Waals surface area contributed by atoms with Gasteiger partial charge in [0.1, 0.15) is 5.69 Å². The number of hydrogen-bond acceptors (Lipinski definition) is 7. The number of fused-ring (bicyclic) bond motifs is 1. The Labute approximate surface area is 210 Å². The summed E-state index contributed by atoms with van der Waals surface area (Å²) in [5, 5.41) is 8.59. The first-order chi connectivity index (χ1) is 17.6. The van der Waals surface area contributed by atoms with Crippen molar-refractivity contribution in [3.8, 4) is 6.07 Å². The Morgan fingerprint density at radius 2 is 1.39 bits per heavy atom. The van der Waals surface area contributed by atoms with Crippen LogP contribution in [0.4, 0.5) is 5.82 Å². The summed E-state index contributed by atoms with van der Waals surface area (Å²) in [7, 11) is -4.00. The first-order valence-corrected chi connectivity index (χ1v) is 13.3. The van der Waals surface area contributed by atoms with Crippen LogP contribution in [0.1, 0.15) is 16.5 Å². The van der Waals surface area contributed by atoms with E-state index in [4.69, 9.17) is 4.98 Å². The molecule has 3 aromatic carbocycles. The van der Waals surface area contributed by atoms with Gasteiger partial charge in [-0.15, -0.1) is 0 Å². The van der Waals surface area contributed by atoms with E-state index in [0.29, 0.717) is 29.9 Å². The molecule has 2 heterocycles. The molecule has 0 saturated carbocycles. The fraction of sp³-hybridized carbons (Fsp3) is 0.179. The molecule has 1 atom stereocenters. The molecule has 36 heavy (non-hydrogen) atoms. The zero-order valence-corrected chi connectivity index (χ0v) is 20.4. The molecular formula is C28H25N5O2S. The third-order valence-corrected chi connectivity index (χ3v) is 8.10. The van der Waals surface area contributed by atoms with Gasteiger partial charge in [-0.2, -0.15) is 5.26 Å². The average molecular weight is 496 g/mol. The Morgan fingerprint density at radius 3 is 2.03 bits per heavy atom. The van der Waals surface area contributed by atoms with Gasteiger partial charge in [-0.25, -0.2) is 18.4 Å². The van der Waals surface area contributed by atoms with Gasteiger partial charge in [-0.1, -0.05) is 60.7 Å². The van der Waals surface area contributed by atoms with Crippen LogP contribution in [0.15, 0.2) is 96.0 Å². The quantitative estimate of drug-likeness (QED) is 0.390. The van der Waals surface area contributed by atoms with Crippen molar-refractivity contribution in [2.45, 2.75) is 10.1 Å². The molecule has 0 amide bonds. The van der Waals surface area contributed by atoms with Crippen molar-refractivity contribution in [3.05, 3.63) is 102 Å². The lowest BCUT2D eigenvalue weighted by Crippen LogP contribution is -2.45. The van der Waals surface area contributed by atoms with Crippen molar-refractivity contribution >= 4 is 32.8 Å². The second-order valence-corrected chi connectivity index (χ2v) is 10.6. The van der Waals surface area contributed by atoms with E-state index >= 15 is 0 Å². The summed E-state index contributed by atoms with van der Waals surface area (Å²) < 4.78 is 27.0. The predicted octanol–water partition coefficient (Wildman–Crippen LogP) is 4.46. The van der Waals surface area contributed by atoms with Crippen LogP contribution in [0.3, 0.4) is 0 Å². The monoisotopic (exact) mass is 495 g/mol. The number of piperazine rings is 1. The van der Waals surface area contributed by atoms with Gasteiger partial charge in [0.15, 0.2) is 11.1 Å². The second kappa shape index (κ2) is 10.2. The summed E-state index contributed by atoms with van der Waals surface area (Å²) in [5.41, 5.74) is 2.53. The van der Waals surface area contributed by atoms with E-state index in [-0.39, 0.29) is 10.6 Å². The number of nitriles is 1. The number of anilines is 1. The molecule has 0 N–H and O–H groups in total. The number of rotatable bonds is 6. The third kappa shape index (κ3) is 4.79. The van der Waals surface area contributed by atoms with Gasteiger partial charge in [0.05, 0.1) is 22.0 Å². The topological polar surface area (TPSA) is 90.2 Å². The highest BCUT2D eigenvalue weighted by atomic mass is 32.2. The van der Waals surface area contributed by atoms with E-state index < -0.39 is 15.1 Å². The Balaban J connectivity index is 1.47. The lowest BCUT2D eigenvalue weighted by atomic mass is 10.2. The maximum Gasteiger partial charge on any atom is 0.200 e. The van der Waals surface area contributed by atoms with Crippen molar-refractivity contribution in [1.82, 2.24) is 14.9 Å². The molecule has 0 aliphatic carbocycles. The molecule has 1 saturated heterocycles. The molecule has 180 valence electrons. The number of hydrogen-bond donors (Lipinski definition) is 0. The molecule has 0 spiro atoms. The maximum atomic E-state index is 13.5. The summed E-state index contributed by atoms with van der Waals surface area (Å²) in [6, 6.07) is 27.5. The Morgan fingerprint density at radius 1 is 0.806 bits per heavy atom. The molecule has 1 aliphatic heterocycles. The minimum absolute atomic E-state index is 0.0910. The van der Waals surface area contributed by atoms with Gasteiger partial charge < -0.3 is 9.80 Å². The van der Waals surface area contributed by atoms with Gasteiger partial charge in [-0.05, 0) is 42.1 Å². The number of aromatic nitrogens is 2. The molecule has 1 aliphatic rings. The number of para-hydroxylation sites is 2. The predicted molar refractivity (Wildman–Crippen MR) is 141 cm³/mol. The summed E-state index contributed by atoms with van der Waals surface area (Å²) in [5.74, 6) is 0.450. The van der Waals surface area contributed by atoms with E-state index in [9.17, 15) is 13.7 Å². The molecule has 1 aromatic heterocycles. The van der Waals surface area contributed by atoms with E-state index in [1.807, 2.05) is 47.4 Å². The van der Waals surface area contributed by atoms with Crippen LogP contribution in [0.2, 0.25) is 0 Å². The van der Waals surface area contributed by atoms with Gasteiger partial charge in [0.2, 0.25) is 9.84 Å². The van der Waals surface area contributed by atoms with Crippen LogP contribution in [-0.2, 0) is 9.84 Å². The van der Waals surface area contributed by atoms with E-state index in [1.54, 1.807) is 24.3 Å². The average Bonchev–Trinajstić information content (AvgIpc) is 2.93. The standard InChI is InChI=1S/C28H25N5O2S/c29-21-26(36(34,35)23-11-5-2-6-12-23)27-28(31-25-14-8-7-13-24(25)30-27)33-19-17-32(18-20-33)16-15-22-9-3-1-4-10-22/h1-16,26H,17-20H2. The summed E-state index contributed by atoms with van der Waals surface area (Å²) in [4.78, 5) is 13.8. The first kappa shape index (κ1) is 23.5. The lowest BCUT2D eigenvalue weighted by Gasteiger charge is -2.35. The highest BCUT2D eigenvalue weighted by Gasteiger charge is 2.35. The first-order valence-electron chi connectivity index (χ1n) is 11.7. The fourth-order valence-electron chi connectivity index (χ4n) is 4.28. The van der Waals surface area contributed by atoms with E-state index in [0.717, 1.165) is 18.7 Å². The van der Waals surface area contributed by atoms with Crippen molar-refractivity contribution in [2.75, 3.05) is 31.1 Å². The fourth-order valence-corrected chi connectivity index (χ4v) is 5.67. The van der Waals surface area contributed by atoms with Crippen molar-refractivity contribution in [3.63, 3.8) is 0 Å². The molecule has 0 radical (unpaired) electrons. The van der Waals surface area contributed by atoms with Crippen molar-refractivity contribution in [2.24, 2.45) is 0 Å². The summed E-state index contributed by atoms with van der Waals surface area (Å²) >= 11 is 0. The lowest BCUT2D eigenvalue weighted by molar-refractivity contribution is 0.349. The van der Waals surface area contributed by atoms with Crippen LogP contribution in [0, 0.1) is 11.3 Å². The molecule has 7 nitrogen and oxygen atoms in total. The van der Waals surface area contributed by atoms with Gasteiger partial charge >= 0.3 is 0 Å². The minimum atomic E-state index is -4.00. The van der Waals surface area contributed by atoms with Crippen molar-refractivity contribution < 1.29 is 8.42 Å². The second-order valence-electron chi connectivity index (χ2n) is 8.54. The maximum absolute atomic E-state index is 13.5. The molecule has 1 unspecified atom stereocenters. The number of sulfone groups is 1. The van der Waals surface area contributed by atoms with E-state index in [1.165, 1.54) is 12.1 Å². The number of nitrogens with zero attached hydrogens (tertiary/aromatic N) is 5. The Kier molecular flexibility index (Phi) is 6.65. The van der Waals surface area contributed by atoms with Gasteiger partial charge in [-0.3, -0.25) is 0 Å². The third-order valence-electron chi connectivity index (χ3n) is 6.22. The van der Waals surface area contributed by atoms with Crippen LogP contribution >= 0.6 is 0 Å². The van der Waals surface area contributed by atoms with Crippen molar-refractivity contribution in [1.29, 1.82) is 5.26 Å². The smallest absolute Gasteiger partial charge is 0.200 e. The summed E-state index contributed by atoms with van der Waals surface area (Å²) in [6.45, 7) is 2.73. The normalized spacial score (nSPS) is 15.2. The largest absolute Gasteiger partial charge is 0.374 e. The Hall–Kier alpha value is -4.22. The molecule has 4 aromatic rings.